The van der Waals surface area contributed by atoms with E-state index >= 15 is 0 Å². The number of thiazole rings is 1. The number of aryl methyl sites for hydroxylation is 1. The smallest absolute Gasteiger partial charge is 0.287 e. The molecule has 0 fully saturated rings. The quantitative estimate of drug-likeness (QED) is 0.672. The van der Waals surface area contributed by atoms with Crippen molar-refractivity contribution in [2.45, 2.75) is 0 Å². The standard InChI is InChI=1S/C19H20N2O5S/c1-21-16-13(25-4)9-10-14(26-5)17(16)27-19(21)20-18(22)15-11(23-2)7-6-8-12(15)24-3/h6-10H,1-5H3. The Bertz CT molecular complexity index is 1050. The Morgan fingerprint density at radius 3 is 2.00 bits per heavy atom. The van der Waals surface area contributed by atoms with Crippen molar-refractivity contribution >= 4 is 27.5 Å². The Balaban J connectivity index is 2.23. The van der Waals surface area contributed by atoms with Crippen LogP contribution in [0.2, 0.25) is 0 Å². The van der Waals surface area contributed by atoms with E-state index in [9.17, 15) is 4.79 Å². The average molecular weight is 388 g/mol. The summed E-state index contributed by atoms with van der Waals surface area (Å²) in [6.45, 7) is 0. The van der Waals surface area contributed by atoms with E-state index < -0.39 is 5.91 Å². The average Bonchev–Trinajstić information content (AvgIpc) is 3.02. The number of carbonyl (C=O) groups excluding carboxylic acids is 1. The van der Waals surface area contributed by atoms with Crippen LogP contribution in [0.3, 0.4) is 0 Å². The first-order valence-electron chi connectivity index (χ1n) is 8.06. The summed E-state index contributed by atoms with van der Waals surface area (Å²) in [4.78, 5) is 17.7. The van der Waals surface area contributed by atoms with Gasteiger partial charge in [-0.05, 0) is 24.3 Å². The van der Waals surface area contributed by atoms with Crippen LogP contribution in [0.15, 0.2) is 35.3 Å². The molecule has 1 heterocycles. The number of ether oxygens (including phenoxy) is 4. The van der Waals surface area contributed by atoms with Crippen LogP contribution in [0.4, 0.5) is 0 Å². The number of carbonyl (C=O) groups is 1. The monoisotopic (exact) mass is 388 g/mol. The van der Waals surface area contributed by atoms with Gasteiger partial charge in [-0.2, -0.15) is 4.99 Å². The number of amides is 1. The second kappa shape index (κ2) is 7.71. The molecule has 0 aliphatic heterocycles. The molecule has 3 rings (SSSR count). The minimum Gasteiger partial charge on any atom is -0.496 e. The molecule has 2 aromatic carbocycles. The molecule has 1 amide bonds. The highest BCUT2D eigenvalue weighted by Gasteiger charge is 2.19. The summed E-state index contributed by atoms with van der Waals surface area (Å²) < 4.78 is 24.1. The third kappa shape index (κ3) is 3.23. The third-order valence-corrected chi connectivity index (χ3v) is 5.30. The Morgan fingerprint density at radius 1 is 0.889 bits per heavy atom. The number of benzene rings is 2. The molecule has 0 N–H and O–H groups in total. The minimum atomic E-state index is -0.454. The molecule has 27 heavy (non-hydrogen) atoms. The van der Waals surface area contributed by atoms with Crippen LogP contribution in [-0.2, 0) is 7.05 Å². The predicted octanol–water partition coefficient (Wildman–Crippen LogP) is 3.02. The fraction of sp³-hybridized carbons (Fsp3) is 0.263. The van der Waals surface area contributed by atoms with Crippen molar-refractivity contribution in [3.63, 3.8) is 0 Å². The van der Waals surface area contributed by atoms with Gasteiger partial charge in [0, 0.05) is 7.05 Å². The van der Waals surface area contributed by atoms with Crippen LogP contribution in [0.25, 0.3) is 10.2 Å². The number of hydrogen-bond acceptors (Lipinski definition) is 6. The molecule has 0 aliphatic carbocycles. The molecule has 8 heteroatoms. The van der Waals surface area contributed by atoms with Crippen molar-refractivity contribution in [1.29, 1.82) is 0 Å². The second-order valence-electron chi connectivity index (χ2n) is 5.55. The van der Waals surface area contributed by atoms with Crippen molar-refractivity contribution in [3.05, 3.63) is 40.7 Å². The summed E-state index contributed by atoms with van der Waals surface area (Å²) in [7, 11) is 8.02. The Labute approximate surface area is 160 Å². The highest BCUT2D eigenvalue weighted by molar-refractivity contribution is 7.16. The maximum atomic E-state index is 12.9. The van der Waals surface area contributed by atoms with Gasteiger partial charge >= 0.3 is 0 Å². The number of aromatic nitrogens is 1. The minimum absolute atomic E-state index is 0.277. The van der Waals surface area contributed by atoms with Crippen LogP contribution >= 0.6 is 11.3 Å². The SMILES string of the molecule is COc1cccc(OC)c1C(=O)N=c1sc2c(OC)ccc(OC)c2n1C. The lowest BCUT2D eigenvalue weighted by molar-refractivity contribution is 0.0992. The molecule has 0 saturated heterocycles. The first-order chi connectivity index (χ1) is 13.0. The lowest BCUT2D eigenvalue weighted by Crippen LogP contribution is -2.14. The normalized spacial score (nSPS) is 11.5. The summed E-state index contributed by atoms with van der Waals surface area (Å²) in [5.74, 6) is 1.72. The van der Waals surface area contributed by atoms with Gasteiger partial charge in [0.25, 0.3) is 5.91 Å². The van der Waals surface area contributed by atoms with Gasteiger partial charge in [-0.3, -0.25) is 4.79 Å². The number of fused-ring (bicyclic) bond motifs is 1. The first-order valence-corrected chi connectivity index (χ1v) is 8.87. The van der Waals surface area contributed by atoms with Gasteiger partial charge in [0.15, 0.2) is 4.80 Å². The van der Waals surface area contributed by atoms with Gasteiger partial charge in [-0.1, -0.05) is 17.4 Å². The zero-order valence-electron chi connectivity index (χ0n) is 15.7. The van der Waals surface area contributed by atoms with Crippen LogP contribution in [0.1, 0.15) is 10.4 Å². The van der Waals surface area contributed by atoms with Gasteiger partial charge in [-0.25, -0.2) is 0 Å². The Kier molecular flexibility index (Phi) is 5.36. The summed E-state index contributed by atoms with van der Waals surface area (Å²) >= 11 is 1.34. The van der Waals surface area contributed by atoms with Gasteiger partial charge < -0.3 is 23.5 Å². The molecule has 142 valence electrons. The van der Waals surface area contributed by atoms with Crippen molar-refractivity contribution < 1.29 is 23.7 Å². The lowest BCUT2D eigenvalue weighted by atomic mass is 10.1. The molecule has 0 saturated carbocycles. The summed E-state index contributed by atoms with van der Waals surface area (Å²) in [5, 5.41) is 0. The summed E-state index contributed by atoms with van der Waals surface area (Å²) in [6, 6.07) is 8.80. The number of hydrogen-bond donors (Lipinski definition) is 0. The lowest BCUT2D eigenvalue weighted by Gasteiger charge is -2.09. The maximum absolute atomic E-state index is 12.9. The Hall–Kier alpha value is -3.00. The highest BCUT2D eigenvalue weighted by atomic mass is 32.1. The third-order valence-electron chi connectivity index (χ3n) is 4.15. The van der Waals surface area contributed by atoms with Crippen molar-refractivity contribution in [3.8, 4) is 23.0 Å². The topological polar surface area (TPSA) is 71.3 Å². The Morgan fingerprint density at radius 2 is 1.44 bits per heavy atom. The summed E-state index contributed by atoms with van der Waals surface area (Å²) in [5.41, 5.74) is 1.08. The molecular formula is C19H20N2O5S. The van der Waals surface area contributed by atoms with E-state index in [0.717, 1.165) is 10.2 Å². The molecule has 3 aromatic rings. The second-order valence-corrected chi connectivity index (χ2v) is 6.52. The first kappa shape index (κ1) is 18.8. The zero-order valence-corrected chi connectivity index (χ0v) is 16.5. The van der Waals surface area contributed by atoms with E-state index in [1.807, 2.05) is 19.2 Å². The van der Waals surface area contributed by atoms with Crippen molar-refractivity contribution in [2.75, 3.05) is 28.4 Å². The van der Waals surface area contributed by atoms with E-state index in [1.54, 1.807) is 37.0 Å². The van der Waals surface area contributed by atoms with Gasteiger partial charge in [0.05, 0.1) is 28.4 Å². The van der Waals surface area contributed by atoms with Crippen molar-refractivity contribution in [1.82, 2.24) is 4.57 Å². The molecule has 0 bridgehead atoms. The number of rotatable bonds is 5. The molecule has 0 unspecified atom stereocenters. The highest BCUT2D eigenvalue weighted by Crippen LogP contribution is 2.35. The van der Waals surface area contributed by atoms with Crippen molar-refractivity contribution in [2.24, 2.45) is 12.0 Å². The van der Waals surface area contributed by atoms with Gasteiger partial charge in [0.1, 0.15) is 38.8 Å². The molecule has 0 radical (unpaired) electrons. The largest absolute Gasteiger partial charge is 0.496 e. The summed E-state index contributed by atoms with van der Waals surface area (Å²) in [6.07, 6.45) is 0. The molecule has 1 aromatic heterocycles. The molecular weight excluding hydrogens is 368 g/mol. The van der Waals surface area contributed by atoms with Crippen LogP contribution in [0.5, 0.6) is 23.0 Å². The predicted molar refractivity (Wildman–Crippen MR) is 103 cm³/mol. The van der Waals surface area contributed by atoms with Crippen LogP contribution < -0.4 is 23.7 Å². The number of methoxy groups -OCH3 is 4. The van der Waals surface area contributed by atoms with Crippen LogP contribution in [0, 0.1) is 0 Å². The van der Waals surface area contributed by atoms with E-state index in [1.165, 1.54) is 25.6 Å². The van der Waals surface area contributed by atoms with E-state index in [-0.39, 0.29) is 5.56 Å². The molecule has 0 atom stereocenters. The van der Waals surface area contributed by atoms with E-state index in [0.29, 0.717) is 27.8 Å². The molecule has 0 spiro atoms. The van der Waals surface area contributed by atoms with Crippen LogP contribution in [-0.4, -0.2) is 38.9 Å². The molecule has 7 nitrogen and oxygen atoms in total. The van der Waals surface area contributed by atoms with E-state index in [2.05, 4.69) is 4.99 Å². The number of nitrogens with zero attached hydrogens (tertiary/aromatic N) is 2. The maximum Gasteiger partial charge on any atom is 0.287 e. The fourth-order valence-electron chi connectivity index (χ4n) is 2.83. The molecule has 0 aliphatic rings. The van der Waals surface area contributed by atoms with Gasteiger partial charge in [0.2, 0.25) is 0 Å². The van der Waals surface area contributed by atoms with E-state index in [4.69, 9.17) is 18.9 Å². The fourth-order valence-corrected chi connectivity index (χ4v) is 3.96. The zero-order chi connectivity index (χ0) is 19.6. The van der Waals surface area contributed by atoms with Gasteiger partial charge in [-0.15, -0.1) is 0 Å².